The molecule has 0 aromatic rings. The van der Waals surface area contributed by atoms with E-state index in [4.69, 9.17) is 10.2 Å². The highest BCUT2D eigenvalue weighted by atomic mass is 35.5. The first-order chi connectivity index (χ1) is 6.81. The number of halogens is 2. The number of carboxylic acids is 1. The van der Waals surface area contributed by atoms with Crippen LogP contribution >= 0.6 is 24.8 Å². The minimum Gasteiger partial charge on any atom is -0.481 e. The molecule has 0 aliphatic heterocycles. The highest BCUT2D eigenvalue weighted by Crippen LogP contribution is 2.19. The van der Waals surface area contributed by atoms with Crippen molar-refractivity contribution in [2.24, 2.45) is 5.41 Å². The van der Waals surface area contributed by atoms with Crippen LogP contribution in [-0.4, -0.2) is 46.5 Å². The number of hydrogen-bond acceptors (Lipinski definition) is 4. The van der Waals surface area contributed by atoms with Gasteiger partial charge in [0, 0.05) is 12.0 Å². The number of aliphatic hydroxyl groups is 2. The Hall–Kier alpha value is -0.560. The lowest BCUT2D eigenvalue weighted by atomic mass is 9.87. The van der Waals surface area contributed by atoms with Gasteiger partial charge in [0.15, 0.2) is 0 Å². The lowest BCUT2D eigenvalue weighted by molar-refractivity contribution is -0.138. The molecular weight excluding hydrogens is 273 g/mol. The van der Waals surface area contributed by atoms with Crippen LogP contribution in [0, 0.1) is 5.41 Å². The van der Waals surface area contributed by atoms with E-state index in [1.54, 1.807) is 0 Å². The summed E-state index contributed by atoms with van der Waals surface area (Å²) in [6, 6.07) is 0. The monoisotopic (exact) mass is 291 g/mol. The molecule has 0 heterocycles. The third kappa shape index (κ3) is 8.20. The summed E-state index contributed by atoms with van der Waals surface area (Å²) in [5, 5.41) is 29.0. The maximum atomic E-state index is 11.3. The van der Waals surface area contributed by atoms with Gasteiger partial charge in [-0.25, -0.2) is 0 Å². The Kier molecular flexibility index (Phi) is 12.1. The minimum atomic E-state index is -1.35. The molecule has 0 unspecified atom stereocenters. The molecule has 0 bridgehead atoms. The standard InChI is InChI=1S/C9H17NO5.2ClH/c1-9(2,5-11)7(14)8(15)10-4-3-6(12)13;;/h7,11,14H,3-5H2,1-2H3,(H,10,15)(H,12,13);2*1H/t7-;;/m0../s1. The topological polar surface area (TPSA) is 107 Å². The highest BCUT2D eigenvalue weighted by Gasteiger charge is 2.32. The van der Waals surface area contributed by atoms with E-state index in [1.165, 1.54) is 13.8 Å². The molecule has 1 amide bonds. The Bertz CT molecular complexity index is 248. The average Bonchev–Trinajstić information content (AvgIpc) is 2.15. The molecule has 1 atom stereocenters. The molecule has 0 radical (unpaired) electrons. The van der Waals surface area contributed by atoms with Crippen molar-refractivity contribution in [3.8, 4) is 0 Å². The maximum Gasteiger partial charge on any atom is 0.305 e. The number of carbonyl (C=O) groups excluding carboxylic acids is 1. The molecule has 8 heteroatoms. The Labute approximate surface area is 112 Å². The van der Waals surface area contributed by atoms with Crippen LogP contribution in [-0.2, 0) is 9.59 Å². The molecule has 0 fully saturated rings. The number of carbonyl (C=O) groups is 2. The van der Waals surface area contributed by atoms with Crippen LogP contribution in [0.2, 0.25) is 0 Å². The number of carboxylic acid groups (broad SMARTS) is 1. The summed E-state index contributed by atoms with van der Waals surface area (Å²) in [7, 11) is 0. The molecule has 0 spiro atoms. The van der Waals surface area contributed by atoms with E-state index in [2.05, 4.69) is 5.32 Å². The summed E-state index contributed by atoms with van der Waals surface area (Å²) in [5.41, 5.74) is -0.937. The Morgan fingerprint density at radius 2 is 1.76 bits per heavy atom. The van der Waals surface area contributed by atoms with Crippen molar-refractivity contribution in [2.75, 3.05) is 13.2 Å². The second-order valence-corrected chi connectivity index (χ2v) is 3.98. The first-order valence-electron chi connectivity index (χ1n) is 4.59. The third-order valence-electron chi connectivity index (χ3n) is 2.03. The molecule has 0 rings (SSSR count). The van der Waals surface area contributed by atoms with Gasteiger partial charge in [-0.2, -0.15) is 0 Å². The first-order valence-corrected chi connectivity index (χ1v) is 4.59. The van der Waals surface area contributed by atoms with Gasteiger partial charge >= 0.3 is 5.97 Å². The third-order valence-corrected chi connectivity index (χ3v) is 2.03. The molecular formula is C9H19Cl2NO5. The van der Waals surface area contributed by atoms with Gasteiger partial charge in [0.1, 0.15) is 6.10 Å². The highest BCUT2D eigenvalue weighted by molar-refractivity contribution is 5.85. The number of nitrogens with one attached hydrogen (secondary N) is 1. The number of hydrogen-bond donors (Lipinski definition) is 4. The second-order valence-electron chi connectivity index (χ2n) is 3.98. The smallest absolute Gasteiger partial charge is 0.305 e. The van der Waals surface area contributed by atoms with Crippen molar-refractivity contribution in [3.63, 3.8) is 0 Å². The lowest BCUT2D eigenvalue weighted by Crippen LogP contribution is -2.45. The van der Waals surface area contributed by atoms with Crippen LogP contribution in [0.4, 0.5) is 0 Å². The molecule has 0 aromatic heterocycles. The van der Waals surface area contributed by atoms with Crippen molar-refractivity contribution >= 4 is 36.7 Å². The van der Waals surface area contributed by atoms with Crippen LogP contribution in [0.5, 0.6) is 0 Å². The molecule has 4 N–H and O–H groups in total. The quantitative estimate of drug-likeness (QED) is 0.542. The summed E-state index contributed by atoms with van der Waals surface area (Å²) < 4.78 is 0. The second kappa shape index (κ2) is 9.47. The summed E-state index contributed by atoms with van der Waals surface area (Å²) in [6.45, 7) is 2.70. The lowest BCUT2D eigenvalue weighted by Gasteiger charge is -2.26. The summed E-state index contributed by atoms with van der Waals surface area (Å²) >= 11 is 0. The molecule has 104 valence electrons. The van der Waals surface area contributed by atoms with Gasteiger partial charge in [0.25, 0.3) is 0 Å². The van der Waals surface area contributed by atoms with Gasteiger partial charge in [0.2, 0.25) is 5.91 Å². The van der Waals surface area contributed by atoms with Gasteiger partial charge in [-0.1, -0.05) is 13.8 Å². The van der Waals surface area contributed by atoms with E-state index >= 15 is 0 Å². The summed E-state index contributed by atoms with van der Waals surface area (Å²) in [5.74, 6) is -1.69. The van der Waals surface area contributed by atoms with Gasteiger partial charge < -0.3 is 20.6 Å². The zero-order chi connectivity index (χ0) is 12.1. The van der Waals surface area contributed by atoms with E-state index in [0.29, 0.717) is 0 Å². The molecule has 17 heavy (non-hydrogen) atoms. The zero-order valence-corrected chi connectivity index (χ0v) is 11.3. The van der Waals surface area contributed by atoms with Gasteiger partial charge in [0.05, 0.1) is 13.0 Å². The first kappa shape index (κ1) is 21.7. The summed E-state index contributed by atoms with van der Waals surface area (Å²) in [6.07, 6.45) is -1.55. The fraction of sp³-hybridized carbons (Fsp3) is 0.778. The molecule has 0 saturated carbocycles. The largest absolute Gasteiger partial charge is 0.481 e. The van der Waals surface area contributed by atoms with Crippen LogP contribution < -0.4 is 5.32 Å². The van der Waals surface area contributed by atoms with Gasteiger partial charge in [-0.05, 0) is 0 Å². The summed E-state index contributed by atoms with van der Waals surface area (Å²) in [4.78, 5) is 21.4. The molecule has 0 saturated heterocycles. The van der Waals surface area contributed by atoms with Crippen molar-refractivity contribution in [3.05, 3.63) is 0 Å². The SMILES string of the molecule is CC(C)(CO)[C@@H](O)C(=O)NCCC(=O)O.Cl.Cl. The fourth-order valence-electron chi connectivity index (χ4n) is 0.831. The Balaban J connectivity index is -0.000000980. The number of amides is 1. The number of rotatable bonds is 6. The average molecular weight is 292 g/mol. The van der Waals surface area contributed by atoms with Crippen LogP contribution in [0.15, 0.2) is 0 Å². The predicted octanol–water partition coefficient (Wildman–Crippen LogP) is -0.200. The molecule has 6 nitrogen and oxygen atoms in total. The number of aliphatic carboxylic acids is 1. The molecule has 0 aliphatic carbocycles. The van der Waals surface area contributed by atoms with Crippen LogP contribution in [0.25, 0.3) is 0 Å². The van der Waals surface area contributed by atoms with Gasteiger partial charge in [-0.3, -0.25) is 9.59 Å². The van der Waals surface area contributed by atoms with E-state index in [0.717, 1.165) is 0 Å². The normalized spacial score (nSPS) is 11.8. The number of aliphatic hydroxyl groups excluding tert-OH is 2. The van der Waals surface area contributed by atoms with Crippen molar-refractivity contribution in [2.45, 2.75) is 26.4 Å². The van der Waals surface area contributed by atoms with Crippen LogP contribution in [0.3, 0.4) is 0 Å². The van der Waals surface area contributed by atoms with Crippen molar-refractivity contribution in [1.82, 2.24) is 5.32 Å². The van der Waals surface area contributed by atoms with E-state index in [9.17, 15) is 14.7 Å². The fourth-order valence-corrected chi connectivity index (χ4v) is 0.831. The predicted molar refractivity (Wildman–Crippen MR) is 66.6 cm³/mol. The van der Waals surface area contributed by atoms with Crippen molar-refractivity contribution in [1.29, 1.82) is 0 Å². The van der Waals surface area contributed by atoms with Crippen molar-refractivity contribution < 1.29 is 24.9 Å². The molecule has 0 aromatic carbocycles. The van der Waals surface area contributed by atoms with E-state index < -0.39 is 23.4 Å². The molecule has 0 aliphatic rings. The minimum absolute atomic E-state index is 0. The van der Waals surface area contributed by atoms with E-state index in [1.807, 2.05) is 0 Å². The Morgan fingerprint density at radius 1 is 1.29 bits per heavy atom. The van der Waals surface area contributed by atoms with E-state index in [-0.39, 0.29) is 44.4 Å². The van der Waals surface area contributed by atoms with Gasteiger partial charge in [-0.15, -0.1) is 24.8 Å². The van der Waals surface area contributed by atoms with Crippen LogP contribution in [0.1, 0.15) is 20.3 Å². The zero-order valence-electron chi connectivity index (χ0n) is 9.67. The Morgan fingerprint density at radius 3 is 2.12 bits per heavy atom. The maximum absolute atomic E-state index is 11.3.